The van der Waals surface area contributed by atoms with E-state index in [1.807, 2.05) is 54.3 Å². The summed E-state index contributed by atoms with van der Waals surface area (Å²) in [5, 5.41) is 2.83. The molecule has 3 aromatic carbocycles. The first-order chi connectivity index (χ1) is 15.0. The van der Waals surface area contributed by atoms with Gasteiger partial charge in [-0.25, -0.2) is 9.18 Å². The lowest BCUT2D eigenvalue weighted by molar-refractivity contribution is 0.102. The summed E-state index contributed by atoms with van der Waals surface area (Å²) in [5.41, 5.74) is 2.44. The SMILES string of the molecule is CC(c1ccccc1)N1CCCN(c2ccccc2NC(=O)c2cccc(F)c2)C1=O. The van der Waals surface area contributed by atoms with Crippen LogP contribution < -0.4 is 10.2 Å². The number of hydrogen-bond acceptors (Lipinski definition) is 2. The van der Waals surface area contributed by atoms with Crippen LogP contribution in [0.3, 0.4) is 0 Å². The zero-order chi connectivity index (χ0) is 21.8. The predicted octanol–water partition coefficient (Wildman–Crippen LogP) is 5.47. The molecule has 0 radical (unpaired) electrons. The van der Waals surface area contributed by atoms with E-state index in [9.17, 15) is 14.0 Å². The van der Waals surface area contributed by atoms with Crippen LogP contribution in [0, 0.1) is 5.82 Å². The van der Waals surface area contributed by atoms with Crippen molar-refractivity contribution in [1.82, 2.24) is 4.90 Å². The topological polar surface area (TPSA) is 52.6 Å². The minimum absolute atomic E-state index is 0.0643. The molecular weight excluding hydrogens is 393 g/mol. The van der Waals surface area contributed by atoms with Gasteiger partial charge in [0.15, 0.2) is 0 Å². The molecule has 3 amide bonds. The molecule has 0 saturated carbocycles. The number of amides is 3. The van der Waals surface area contributed by atoms with Crippen molar-refractivity contribution in [3.8, 4) is 0 Å². The third-order valence-corrected chi connectivity index (χ3v) is 5.54. The van der Waals surface area contributed by atoms with Crippen LogP contribution in [0.1, 0.15) is 35.3 Å². The van der Waals surface area contributed by atoms with Crippen LogP contribution in [-0.2, 0) is 0 Å². The van der Waals surface area contributed by atoms with Gasteiger partial charge >= 0.3 is 6.03 Å². The molecule has 1 atom stereocenters. The summed E-state index contributed by atoms with van der Waals surface area (Å²) in [6, 6.07) is 22.5. The predicted molar refractivity (Wildman–Crippen MR) is 120 cm³/mol. The Labute approximate surface area is 181 Å². The molecule has 1 aliphatic heterocycles. The largest absolute Gasteiger partial charge is 0.325 e. The average Bonchev–Trinajstić information content (AvgIpc) is 2.80. The fourth-order valence-electron chi connectivity index (χ4n) is 3.88. The summed E-state index contributed by atoms with van der Waals surface area (Å²) in [5.74, 6) is -0.899. The minimum atomic E-state index is -0.474. The van der Waals surface area contributed by atoms with Crippen LogP contribution in [-0.4, -0.2) is 29.9 Å². The number of para-hydroxylation sites is 2. The molecule has 0 spiro atoms. The van der Waals surface area contributed by atoms with Gasteiger partial charge in [0.25, 0.3) is 5.91 Å². The monoisotopic (exact) mass is 417 g/mol. The van der Waals surface area contributed by atoms with E-state index in [0.29, 0.717) is 24.5 Å². The van der Waals surface area contributed by atoms with Crippen LogP contribution in [0.2, 0.25) is 0 Å². The lowest BCUT2D eigenvalue weighted by Crippen LogP contribution is -2.50. The average molecular weight is 417 g/mol. The normalized spacial score (nSPS) is 15.0. The lowest BCUT2D eigenvalue weighted by Gasteiger charge is -2.39. The van der Waals surface area contributed by atoms with Gasteiger partial charge in [0, 0.05) is 18.7 Å². The second-order valence-electron chi connectivity index (χ2n) is 7.55. The number of halogens is 1. The van der Waals surface area contributed by atoms with Crippen molar-refractivity contribution in [1.29, 1.82) is 0 Å². The summed E-state index contributed by atoms with van der Waals surface area (Å²) >= 11 is 0. The molecule has 1 fully saturated rings. The zero-order valence-electron chi connectivity index (χ0n) is 17.3. The number of anilines is 2. The van der Waals surface area contributed by atoms with Crippen molar-refractivity contribution in [2.45, 2.75) is 19.4 Å². The highest BCUT2D eigenvalue weighted by molar-refractivity contribution is 6.07. The maximum atomic E-state index is 13.5. The minimum Gasteiger partial charge on any atom is -0.320 e. The summed E-state index contributed by atoms with van der Waals surface area (Å²) in [4.78, 5) is 29.6. The Kier molecular flexibility index (Phi) is 5.98. The molecule has 0 aromatic heterocycles. The number of carbonyl (C=O) groups is 2. The molecule has 31 heavy (non-hydrogen) atoms. The van der Waals surface area contributed by atoms with Gasteiger partial charge in [-0.2, -0.15) is 0 Å². The summed E-state index contributed by atoms with van der Waals surface area (Å²) in [6.45, 7) is 3.25. The summed E-state index contributed by atoms with van der Waals surface area (Å²) in [7, 11) is 0. The van der Waals surface area contributed by atoms with E-state index < -0.39 is 11.7 Å². The van der Waals surface area contributed by atoms with Gasteiger partial charge in [-0.3, -0.25) is 9.69 Å². The molecular formula is C25H24FN3O2. The van der Waals surface area contributed by atoms with Gasteiger partial charge in [-0.15, -0.1) is 0 Å². The number of nitrogens with zero attached hydrogens (tertiary/aromatic N) is 2. The van der Waals surface area contributed by atoms with Crippen LogP contribution in [0.4, 0.5) is 20.6 Å². The maximum Gasteiger partial charge on any atom is 0.325 e. The van der Waals surface area contributed by atoms with Gasteiger partial charge in [0.1, 0.15) is 5.82 Å². The number of nitrogens with one attached hydrogen (secondary N) is 1. The Bertz CT molecular complexity index is 1090. The van der Waals surface area contributed by atoms with Gasteiger partial charge < -0.3 is 10.2 Å². The molecule has 0 bridgehead atoms. The molecule has 3 aromatic rings. The van der Waals surface area contributed by atoms with Gasteiger partial charge in [-0.05, 0) is 49.2 Å². The molecule has 1 aliphatic rings. The zero-order valence-corrected chi connectivity index (χ0v) is 17.3. The Morgan fingerprint density at radius 2 is 1.71 bits per heavy atom. The first kappa shape index (κ1) is 20.6. The molecule has 1 heterocycles. The van der Waals surface area contributed by atoms with Crippen molar-refractivity contribution in [2.75, 3.05) is 23.3 Å². The third kappa shape index (κ3) is 4.43. The van der Waals surface area contributed by atoms with E-state index >= 15 is 0 Å². The molecule has 0 aliphatic carbocycles. The number of hydrogen-bond donors (Lipinski definition) is 1. The van der Waals surface area contributed by atoms with E-state index in [-0.39, 0.29) is 17.6 Å². The van der Waals surface area contributed by atoms with E-state index in [1.54, 1.807) is 23.1 Å². The smallest absolute Gasteiger partial charge is 0.320 e. The molecule has 158 valence electrons. The maximum absolute atomic E-state index is 13.5. The highest BCUT2D eigenvalue weighted by atomic mass is 19.1. The second kappa shape index (κ2) is 9.00. The Hall–Kier alpha value is -3.67. The first-order valence-corrected chi connectivity index (χ1v) is 10.3. The first-order valence-electron chi connectivity index (χ1n) is 10.3. The Balaban J connectivity index is 1.58. The fraction of sp³-hybridized carbons (Fsp3) is 0.200. The summed E-state index contributed by atoms with van der Waals surface area (Å²) < 4.78 is 13.5. The highest BCUT2D eigenvalue weighted by Gasteiger charge is 2.31. The van der Waals surface area contributed by atoms with E-state index in [2.05, 4.69) is 5.32 Å². The molecule has 4 rings (SSSR count). The van der Waals surface area contributed by atoms with E-state index in [4.69, 9.17) is 0 Å². The number of benzene rings is 3. The fourth-order valence-corrected chi connectivity index (χ4v) is 3.88. The van der Waals surface area contributed by atoms with Crippen molar-refractivity contribution in [2.24, 2.45) is 0 Å². The van der Waals surface area contributed by atoms with Crippen molar-refractivity contribution in [3.05, 3.63) is 95.8 Å². The summed E-state index contributed by atoms with van der Waals surface area (Å²) in [6.07, 6.45) is 0.815. The van der Waals surface area contributed by atoms with E-state index in [0.717, 1.165) is 12.0 Å². The molecule has 1 N–H and O–H groups in total. The number of rotatable bonds is 5. The van der Waals surface area contributed by atoms with Crippen LogP contribution in [0.5, 0.6) is 0 Å². The lowest BCUT2D eigenvalue weighted by atomic mass is 10.1. The molecule has 1 saturated heterocycles. The van der Waals surface area contributed by atoms with Crippen molar-refractivity contribution >= 4 is 23.3 Å². The van der Waals surface area contributed by atoms with Gasteiger partial charge in [0.2, 0.25) is 0 Å². The molecule has 1 unspecified atom stereocenters. The third-order valence-electron chi connectivity index (χ3n) is 5.54. The van der Waals surface area contributed by atoms with Gasteiger partial charge in [-0.1, -0.05) is 48.5 Å². The van der Waals surface area contributed by atoms with E-state index in [1.165, 1.54) is 18.2 Å². The second-order valence-corrected chi connectivity index (χ2v) is 7.55. The Morgan fingerprint density at radius 3 is 2.48 bits per heavy atom. The molecule has 5 nitrogen and oxygen atoms in total. The standard InChI is InChI=1S/C25H24FN3O2/c1-18(19-9-3-2-4-10-19)28-15-8-16-29(25(28)31)23-14-6-5-13-22(23)27-24(30)20-11-7-12-21(26)17-20/h2-7,9-14,17-18H,8,15-16H2,1H3,(H,27,30). The van der Waals surface area contributed by atoms with Crippen LogP contribution >= 0.6 is 0 Å². The number of urea groups is 1. The van der Waals surface area contributed by atoms with Gasteiger partial charge in [0.05, 0.1) is 17.4 Å². The van der Waals surface area contributed by atoms with Crippen LogP contribution in [0.25, 0.3) is 0 Å². The Morgan fingerprint density at radius 1 is 0.968 bits per heavy atom. The quantitative estimate of drug-likeness (QED) is 0.598. The van der Waals surface area contributed by atoms with Crippen LogP contribution in [0.15, 0.2) is 78.9 Å². The van der Waals surface area contributed by atoms with Crippen molar-refractivity contribution < 1.29 is 14.0 Å². The highest BCUT2D eigenvalue weighted by Crippen LogP contribution is 2.32. The number of carbonyl (C=O) groups excluding carboxylic acids is 2. The molecule has 6 heteroatoms. The van der Waals surface area contributed by atoms with Crippen molar-refractivity contribution in [3.63, 3.8) is 0 Å².